The predicted molar refractivity (Wildman–Crippen MR) is 115 cm³/mol. The summed E-state index contributed by atoms with van der Waals surface area (Å²) in [6.45, 7) is 2.69. The monoisotopic (exact) mass is 434 g/mol. The molecule has 1 aliphatic heterocycles. The minimum absolute atomic E-state index is 0.0769. The molecule has 0 bridgehead atoms. The standard InChI is InChI=1S/C21H22N8O3/c1-13-9-19(26-25-13)22-18-11-20(31-2)24-21(23-18)29-8-4-6-16(29)17-10-15(27-32-17)14-5-3-7-28(30)12-14/h3,5,7,9-12,16H,4,6,8H2,1-2H3,(H2,22,23,24,25,26)/t16-/m0/s1. The molecule has 0 unspecified atom stereocenters. The first kappa shape index (κ1) is 19.8. The van der Waals surface area contributed by atoms with Crippen LogP contribution in [0.2, 0.25) is 0 Å². The van der Waals surface area contributed by atoms with E-state index in [0.29, 0.717) is 40.5 Å². The minimum Gasteiger partial charge on any atom is -0.619 e. The molecule has 0 aliphatic carbocycles. The lowest BCUT2D eigenvalue weighted by Gasteiger charge is -2.23. The number of pyridine rings is 1. The lowest BCUT2D eigenvalue weighted by atomic mass is 10.1. The van der Waals surface area contributed by atoms with Crippen molar-refractivity contribution in [3.8, 4) is 17.1 Å². The van der Waals surface area contributed by atoms with Crippen LogP contribution in [0.5, 0.6) is 5.88 Å². The molecule has 1 atom stereocenters. The Bertz CT molecular complexity index is 1240. The number of aromatic nitrogens is 6. The van der Waals surface area contributed by atoms with Gasteiger partial charge in [0.05, 0.1) is 18.7 Å². The number of aryl methyl sites for hydroxylation is 1. The smallest absolute Gasteiger partial charge is 0.231 e. The van der Waals surface area contributed by atoms with Crippen LogP contribution in [0, 0.1) is 12.1 Å². The molecule has 1 saturated heterocycles. The molecule has 0 amide bonds. The zero-order valence-electron chi connectivity index (χ0n) is 17.6. The number of aromatic amines is 1. The SMILES string of the molecule is COc1cc(Nc2cc(C)[nH]n2)nc(N2CCC[C@H]2c2cc(-c3ccc[n+]([O-])c3)no2)n1. The molecule has 32 heavy (non-hydrogen) atoms. The van der Waals surface area contributed by atoms with E-state index in [0.717, 1.165) is 29.8 Å². The van der Waals surface area contributed by atoms with Crippen LogP contribution >= 0.6 is 0 Å². The molecule has 4 aromatic heterocycles. The van der Waals surface area contributed by atoms with E-state index in [1.807, 2.05) is 25.1 Å². The highest BCUT2D eigenvalue weighted by molar-refractivity contribution is 5.58. The van der Waals surface area contributed by atoms with Crippen molar-refractivity contribution in [3.05, 3.63) is 59.4 Å². The Kier molecular flexibility index (Phi) is 5.06. The predicted octanol–water partition coefficient (Wildman–Crippen LogP) is 2.89. The maximum atomic E-state index is 11.6. The van der Waals surface area contributed by atoms with Crippen LogP contribution in [0.15, 0.2) is 47.2 Å². The molecule has 5 heterocycles. The molecular weight excluding hydrogens is 412 g/mol. The summed E-state index contributed by atoms with van der Waals surface area (Å²) in [5, 5.41) is 26.0. The van der Waals surface area contributed by atoms with Crippen molar-refractivity contribution in [1.82, 2.24) is 25.3 Å². The highest BCUT2D eigenvalue weighted by Gasteiger charge is 2.32. The van der Waals surface area contributed by atoms with Gasteiger partial charge in [-0.15, -0.1) is 0 Å². The summed E-state index contributed by atoms with van der Waals surface area (Å²) in [6, 6.07) is 8.90. The van der Waals surface area contributed by atoms with E-state index >= 15 is 0 Å². The van der Waals surface area contributed by atoms with Gasteiger partial charge in [0, 0.05) is 36.5 Å². The van der Waals surface area contributed by atoms with Gasteiger partial charge in [-0.1, -0.05) is 5.16 Å². The average Bonchev–Trinajstić information content (AvgIpc) is 3.54. The fraction of sp³-hybridized carbons (Fsp3) is 0.286. The largest absolute Gasteiger partial charge is 0.619 e. The van der Waals surface area contributed by atoms with Crippen LogP contribution in [0.4, 0.5) is 17.6 Å². The maximum Gasteiger partial charge on any atom is 0.231 e. The van der Waals surface area contributed by atoms with E-state index in [9.17, 15) is 5.21 Å². The maximum absolute atomic E-state index is 11.6. The molecule has 2 N–H and O–H groups in total. The second-order valence-corrected chi connectivity index (χ2v) is 7.58. The molecule has 0 saturated carbocycles. The van der Waals surface area contributed by atoms with Gasteiger partial charge in [-0.25, -0.2) is 0 Å². The molecule has 1 aliphatic rings. The van der Waals surface area contributed by atoms with Crippen molar-refractivity contribution in [2.24, 2.45) is 0 Å². The molecule has 11 nitrogen and oxygen atoms in total. The Balaban J connectivity index is 1.43. The van der Waals surface area contributed by atoms with Gasteiger partial charge in [-0.05, 0) is 25.8 Å². The minimum atomic E-state index is -0.0769. The van der Waals surface area contributed by atoms with Gasteiger partial charge in [0.25, 0.3) is 0 Å². The fourth-order valence-corrected chi connectivity index (χ4v) is 3.81. The molecule has 0 spiro atoms. The second kappa shape index (κ2) is 8.17. The Morgan fingerprint density at radius 2 is 2.19 bits per heavy atom. The molecular formula is C21H22N8O3. The van der Waals surface area contributed by atoms with E-state index in [4.69, 9.17) is 9.26 Å². The highest BCUT2D eigenvalue weighted by atomic mass is 16.5. The number of rotatable bonds is 6. The van der Waals surface area contributed by atoms with E-state index in [-0.39, 0.29) is 6.04 Å². The molecule has 11 heteroatoms. The number of hydrogen-bond acceptors (Lipinski definition) is 9. The second-order valence-electron chi connectivity index (χ2n) is 7.58. The third-order valence-electron chi connectivity index (χ3n) is 5.30. The fourth-order valence-electron chi connectivity index (χ4n) is 3.81. The van der Waals surface area contributed by atoms with Gasteiger partial charge in [0.15, 0.2) is 24.0 Å². The molecule has 0 aromatic carbocycles. The van der Waals surface area contributed by atoms with Crippen LogP contribution in [-0.4, -0.2) is 39.0 Å². The van der Waals surface area contributed by atoms with Crippen molar-refractivity contribution in [2.75, 3.05) is 23.9 Å². The summed E-state index contributed by atoms with van der Waals surface area (Å²) in [5.74, 6) is 2.90. The number of ether oxygens (including phenoxy) is 1. The Morgan fingerprint density at radius 3 is 2.97 bits per heavy atom. The average molecular weight is 434 g/mol. The van der Waals surface area contributed by atoms with Crippen LogP contribution in [-0.2, 0) is 0 Å². The third kappa shape index (κ3) is 3.92. The first-order chi connectivity index (χ1) is 15.6. The van der Waals surface area contributed by atoms with E-state index in [1.165, 1.54) is 12.4 Å². The van der Waals surface area contributed by atoms with Gasteiger partial charge < -0.3 is 24.7 Å². The topological polar surface area (TPSA) is 132 Å². The summed E-state index contributed by atoms with van der Waals surface area (Å²) in [5.41, 5.74) is 2.25. The quantitative estimate of drug-likeness (QED) is 0.347. The van der Waals surface area contributed by atoms with Crippen LogP contribution in [0.3, 0.4) is 0 Å². The summed E-state index contributed by atoms with van der Waals surface area (Å²) in [4.78, 5) is 11.3. The number of hydrogen-bond donors (Lipinski definition) is 2. The lowest BCUT2D eigenvalue weighted by Crippen LogP contribution is -2.25. The number of nitrogens with one attached hydrogen (secondary N) is 2. The Labute approximate surface area is 183 Å². The third-order valence-corrected chi connectivity index (χ3v) is 5.30. The lowest BCUT2D eigenvalue weighted by molar-refractivity contribution is -0.604. The van der Waals surface area contributed by atoms with Gasteiger partial charge in [0.2, 0.25) is 11.8 Å². The summed E-state index contributed by atoms with van der Waals surface area (Å²) >= 11 is 0. The molecule has 0 radical (unpaired) electrons. The molecule has 1 fully saturated rings. The normalized spacial score (nSPS) is 15.8. The number of nitrogens with zero attached hydrogens (tertiary/aromatic N) is 6. The molecule has 4 aromatic rings. The van der Waals surface area contributed by atoms with Crippen LogP contribution in [0.1, 0.15) is 30.3 Å². The molecule has 164 valence electrons. The van der Waals surface area contributed by atoms with Gasteiger partial charge in [0.1, 0.15) is 11.5 Å². The van der Waals surface area contributed by atoms with Crippen molar-refractivity contribution in [3.63, 3.8) is 0 Å². The number of methoxy groups -OCH3 is 1. The van der Waals surface area contributed by atoms with Gasteiger partial charge in [-0.3, -0.25) is 5.10 Å². The Hall–Kier alpha value is -4.15. The van der Waals surface area contributed by atoms with Gasteiger partial charge >= 0.3 is 0 Å². The van der Waals surface area contributed by atoms with E-state index < -0.39 is 0 Å². The van der Waals surface area contributed by atoms with Crippen molar-refractivity contribution < 1.29 is 14.0 Å². The van der Waals surface area contributed by atoms with E-state index in [1.54, 1.807) is 19.2 Å². The van der Waals surface area contributed by atoms with Crippen molar-refractivity contribution >= 4 is 17.6 Å². The first-order valence-corrected chi connectivity index (χ1v) is 10.2. The van der Waals surface area contributed by atoms with E-state index in [2.05, 4.69) is 35.5 Å². The van der Waals surface area contributed by atoms with Crippen molar-refractivity contribution in [1.29, 1.82) is 0 Å². The number of H-pyrrole nitrogens is 1. The molecule has 5 rings (SSSR count). The zero-order valence-corrected chi connectivity index (χ0v) is 17.6. The van der Waals surface area contributed by atoms with Gasteiger partial charge in [-0.2, -0.15) is 19.8 Å². The zero-order chi connectivity index (χ0) is 22.1. The summed E-state index contributed by atoms with van der Waals surface area (Å²) in [7, 11) is 1.57. The summed E-state index contributed by atoms with van der Waals surface area (Å²) in [6.07, 6.45) is 4.72. The highest BCUT2D eigenvalue weighted by Crippen LogP contribution is 2.37. The Morgan fingerprint density at radius 1 is 1.28 bits per heavy atom. The number of anilines is 3. The first-order valence-electron chi connectivity index (χ1n) is 10.2. The van der Waals surface area contributed by atoms with Crippen LogP contribution < -0.4 is 19.7 Å². The van der Waals surface area contributed by atoms with Crippen LogP contribution in [0.25, 0.3) is 11.3 Å². The van der Waals surface area contributed by atoms with Crippen molar-refractivity contribution in [2.45, 2.75) is 25.8 Å². The summed E-state index contributed by atoms with van der Waals surface area (Å²) < 4.78 is 11.8.